The molecule has 0 aliphatic carbocycles. The van der Waals surface area contributed by atoms with Crippen molar-refractivity contribution in [3.05, 3.63) is 97.1 Å². The fourth-order valence-electron chi connectivity index (χ4n) is 3.18. The first-order valence-corrected chi connectivity index (χ1v) is 11.5. The van der Waals surface area contributed by atoms with E-state index in [0.717, 1.165) is 10.8 Å². The molecule has 4 rings (SSSR count). The van der Waals surface area contributed by atoms with Crippen LogP contribution in [0.2, 0.25) is 0 Å². The number of carbonyl (C=O) groups is 1. The van der Waals surface area contributed by atoms with Crippen molar-refractivity contribution in [2.45, 2.75) is 17.9 Å². The number of rotatable bonds is 7. The molecule has 2 N–H and O–H groups in total. The van der Waals surface area contributed by atoms with E-state index in [1.807, 2.05) is 42.5 Å². The molecule has 0 heterocycles. The number of carbonyl (C=O) groups excluding carboxylic acids is 1. The number of benzene rings is 4. The Morgan fingerprint density at radius 3 is 2.16 bits per heavy atom. The standard InChI is InChI=1S/C25H22N2O4S/c1-18(31-23-14-11-19-7-5-6-8-20(19)17-23)25(28)26-21-12-15-24(16-13-21)32(29,30)27-22-9-3-2-4-10-22/h2-18,27H,1H3,(H,26,28)/t18-/m0/s1. The molecule has 0 aromatic heterocycles. The number of anilines is 2. The third-order valence-corrected chi connectivity index (χ3v) is 6.26. The molecule has 0 saturated carbocycles. The minimum absolute atomic E-state index is 0.0971. The Bertz CT molecular complexity index is 1340. The number of hydrogen-bond acceptors (Lipinski definition) is 4. The summed E-state index contributed by atoms with van der Waals surface area (Å²) in [7, 11) is -3.72. The number of ether oxygens (including phenoxy) is 1. The lowest BCUT2D eigenvalue weighted by molar-refractivity contribution is -0.122. The average Bonchev–Trinajstić information content (AvgIpc) is 2.79. The molecule has 4 aromatic carbocycles. The second kappa shape index (κ2) is 9.11. The number of sulfonamides is 1. The molecule has 7 heteroatoms. The molecule has 1 amide bonds. The van der Waals surface area contributed by atoms with Crippen molar-refractivity contribution >= 4 is 38.1 Å². The molecule has 4 aromatic rings. The van der Waals surface area contributed by atoms with E-state index in [2.05, 4.69) is 10.0 Å². The van der Waals surface area contributed by atoms with Crippen LogP contribution < -0.4 is 14.8 Å². The van der Waals surface area contributed by atoms with Crippen LogP contribution in [0.3, 0.4) is 0 Å². The van der Waals surface area contributed by atoms with Crippen molar-refractivity contribution in [1.29, 1.82) is 0 Å². The van der Waals surface area contributed by atoms with E-state index in [1.165, 1.54) is 12.1 Å². The summed E-state index contributed by atoms with van der Waals surface area (Å²) in [6.07, 6.45) is -0.737. The number of fused-ring (bicyclic) bond motifs is 1. The average molecular weight is 447 g/mol. The predicted molar refractivity (Wildman–Crippen MR) is 126 cm³/mol. The molecule has 0 spiro atoms. The van der Waals surface area contributed by atoms with Gasteiger partial charge in [0.15, 0.2) is 6.10 Å². The molecule has 0 aliphatic heterocycles. The summed E-state index contributed by atoms with van der Waals surface area (Å²) >= 11 is 0. The zero-order valence-corrected chi connectivity index (χ0v) is 18.2. The Morgan fingerprint density at radius 2 is 1.44 bits per heavy atom. The summed E-state index contributed by atoms with van der Waals surface area (Å²) in [4.78, 5) is 12.6. The number of para-hydroxylation sites is 1. The molecule has 0 aliphatic rings. The summed E-state index contributed by atoms with van der Waals surface area (Å²) in [6.45, 7) is 1.66. The summed E-state index contributed by atoms with van der Waals surface area (Å²) in [5.41, 5.74) is 0.951. The van der Waals surface area contributed by atoms with Gasteiger partial charge in [0.25, 0.3) is 15.9 Å². The van der Waals surface area contributed by atoms with Crippen molar-refractivity contribution < 1.29 is 17.9 Å². The number of amides is 1. The highest BCUT2D eigenvalue weighted by Gasteiger charge is 2.17. The summed E-state index contributed by atoms with van der Waals surface area (Å²) in [5.74, 6) is 0.260. The molecule has 162 valence electrons. The van der Waals surface area contributed by atoms with Gasteiger partial charge in [-0.1, -0.05) is 48.5 Å². The first-order valence-electron chi connectivity index (χ1n) is 10.0. The van der Waals surface area contributed by atoms with E-state index in [-0.39, 0.29) is 10.8 Å². The topological polar surface area (TPSA) is 84.5 Å². The summed E-state index contributed by atoms with van der Waals surface area (Å²) in [6, 6.07) is 28.2. The van der Waals surface area contributed by atoms with Crippen LogP contribution in [0, 0.1) is 0 Å². The van der Waals surface area contributed by atoms with E-state index < -0.39 is 16.1 Å². The van der Waals surface area contributed by atoms with Crippen LogP contribution in [0.25, 0.3) is 10.8 Å². The Morgan fingerprint density at radius 1 is 0.781 bits per heavy atom. The van der Waals surface area contributed by atoms with Crippen molar-refractivity contribution in [1.82, 2.24) is 0 Å². The van der Waals surface area contributed by atoms with Crippen molar-refractivity contribution in [2.24, 2.45) is 0 Å². The molecule has 0 bridgehead atoms. The molecular weight excluding hydrogens is 424 g/mol. The van der Waals surface area contributed by atoms with Crippen LogP contribution in [0.4, 0.5) is 11.4 Å². The monoisotopic (exact) mass is 446 g/mol. The molecule has 0 radical (unpaired) electrons. The van der Waals surface area contributed by atoms with Gasteiger partial charge >= 0.3 is 0 Å². The van der Waals surface area contributed by atoms with Crippen LogP contribution in [0.1, 0.15) is 6.92 Å². The highest BCUT2D eigenvalue weighted by atomic mass is 32.2. The molecule has 0 fully saturated rings. The second-order valence-corrected chi connectivity index (χ2v) is 8.94. The van der Waals surface area contributed by atoms with Crippen molar-refractivity contribution in [3.63, 3.8) is 0 Å². The van der Waals surface area contributed by atoms with Gasteiger partial charge in [0.1, 0.15) is 5.75 Å². The number of nitrogens with one attached hydrogen (secondary N) is 2. The van der Waals surface area contributed by atoms with Crippen LogP contribution in [0.5, 0.6) is 5.75 Å². The number of hydrogen-bond donors (Lipinski definition) is 2. The van der Waals surface area contributed by atoms with Crippen LogP contribution in [0.15, 0.2) is 102 Å². The minimum atomic E-state index is -3.72. The molecule has 0 unspecified atom stereocenters. The maximum absolute atomic E-state index is 12.5. The molecule has 6 nitrogen and oxygen atoms in total. The zero-order chi connectivity index (χ0) is 22.6. The van der Waals surface area contributed by atoms with Gasteiger partial charge < -0.3 is 10.1 Å². The van der Waals surface area contributed by atoms with Crippen LogP contribution in [-0.2, 0) is 14.8 Å². The Hall–Kier alpha value is -3.84. The highest BCUT2D eigenvalue weighted by Crippen LogP contribution is 2.22. The van der Waals surface area contributed by atoms with E-state index in [4.69, 9.17) is 4.74 Å². The maximum Gasteiger partial charge on any atom is 0.265 e. The van der Waals surface area contributed by atoms with Gasteiger partial charge in [-0.2, -0.15) is 0 Å². The lowest BCUT2D eigenvalue weighted by atomic mass is 10.1. The lowest BCUT2D eigenvalue weighted by Crippen LogP contribution is -2.30. The van der Waals surface area contributed by atoms with E-state index in [1.54, 1.807) is 49.4 Å². The quantitative estimate of drug-likeness (QED) is 0.416. The zero-order valence-electron chi connectivity index (χ0n) is 17.4. The fourth-order valence-corrected chi connectivity index (χ4v) is 4.24. The first kappa shape index (κ1) is 21.4. The van der Waals surface area contributed by atoms with Gasteiger partial charge in [0, 0.05) is 11.4 Å². The Balaban J connectivity index is 1.39. The smallest absolute Gasteiger partial charge is 0.265 e. The van der Waals surface area contributed by atoms with Crippen LogP contribution in [-0.4, -0.2) is 20.4 Å². The summed E-state index contributed by atoms with van der Waals surface area (Å²) < 4.78 is 33.3. The van der Waals surface area contributed by atoms with Gasteiger partial charge in [-0.05, 0) is 66.2 Å². The normalized spacial score (nSPS) is 12.2. The minimum Gasteiger partial charge on any atom is -0.481 e. The third-order valence-electron chi connectivity index (χ3n) is 4.86. The largest absolute Gasteiger partial charge is 0.481 e. The molecule has 32 heavy (non-hydrogen) atoms. The van der Waals surface area contributed by atoms with Gasteiger partial charge in [-0.3, -0.25) is 9.52 Å². The molecular formula is C25H22N2O4S. The second-order valence-electron chi connectivity index (χ2n) is 7.25. The van der Waals surface area contributed by atoms with Crippen LogP contribution >= 0.6 is 0 Å². The SMILES string of the molecule is C[C@H](Oc1ccc2ccccc2c1)C(=O)Nc1ccc(S(=O)(=O)Nc2ccccc2)cc1. The van der Waals surface area contributed by atoms with Gasteiger partial charge in [-0.25, -0.2) is 8.42 Å². The fraction of sp³-hybridized carbons (Fsp3) is 0.0800. The Kier molecular flexibility index (Phi) is 6.09. The lowest BCUT2D eigenvalue weighted by Gasteiger charge is -2.15. The van der Waals surface area contributed by atoms with Gasteiger partial charge in [0.05, 0.1) is 4.90 Å². The van der Waals surface area contributed by atoms with E-state index >= 15 is 0 Å². The van der Waals surface area contributed by atoms with E-state index in [9.17, 15) is 13.2 Å². The predicted octanol–water partition coefficient (Wildman–Crippen LogP) is 5.05. The van der Waals surface area contributed by atoms with Gasteiger partial charge in [0.2, 0.25) is 0 Å². The molecule has 1 atom stereocenters. The highest BCUT2D eigenvalue weighted by molar-refractivity contribution is 7.92. The van der Waals surface area contributed by atoms with Gasteiger partial charge in [-0.15, -0.1) is 0 Å². The summed E-state index contributed by atoms with van der Waals surface area (Å²) in [5, 5.41) is 4.87. The van der Waals surface area contributed by atoms with Crippen molar-refractivity contribution in [2.75, 3.05) is 10.0 Å². The maximum atomic E-state index is 12.5. The van der Waals surface area contributed by atoms with E-state index in [0.29, 0.717) is 17.1 Å². The Labute approximate surface area is 186 Å². The molecule has 0 saturated heterocycles. The first-order chi connectivity index (χ1) is 15.4. The third kappa shape index (κ3) is 5.07. The van der Waals surface area contributed by atoms with Crippen molar-refractivity contribution in [3.8, 4) is 5.75 Å².